The van der Waals surface area contributed by atoms with Gasteiger partial charge >= 0.3 is 11.9 Å². The summed E-state index contributed by atoms with van der Waals surface area (Å²) in [6, 6.07) is 0. The van der Waals surface area contributed by atoms with Crippen LogP contribution in [0.2, 0.25) is 0 Å². The summed E-state index contributed by atoms with van der Waals surface area (Å²) >= 11 is 0. The molecule has 4 atom stereocenters. The Morgan fingerprint density at radius 2 is 1.20 bits per heavy atom. The molecule has 0 bridgehead atoms. The molecular weight excluding hydrogens is 564 g/mol. The molecule has 6 heteroatoms. The van der Waals surface area contributed by atoms with Crippen LogP contribution in [0, 0.1) is 22.2 Å². The van der Waals surface area contributed by atoms with Gasteiger partial charge in [-0.05, 0) is 25.7 Å². The second kappa shape index (κ2) is 19.6. The van der Waals surface area contributed by atoms with Crippen molar-refractivity contribution < 1.29 is 28.5 Å². The fourth-order valence-electron chi connectivity index (χ4n) is 7.90. The lowest BCUT2D eigenvalue weighted by Crippen LogP contribution is -2.67. The Morgan fingerprint density at radius 1 is 0.711 bits per heavy atom. The van der Waals surface area contributed by atoms with E-state index in [1.54, 1.807) is 0 Å². The molecule has 0 aromatic heterocycles. The molecule has 1 aliphatic heterocycles. The standard InChI is InChI=1S/C39H72O6/c1-9-13-14-15-16-17-18-19-20-21-22-23-24-25-26-27-34(41)42-29-38(12-4)30-43-39(44-31-38)28-36(7,10-2)35(45-33(6)40)37(8,11-3)32(39)5/h32,35H,9-31H2,1-8H3. The Labute approximate surface area is 277 Å². The van der Waals surface area contributed by atoms with E-state index in [1.807, 2.05) is 0 Å². The molecule has 4 unspecified atom stereocenters. The molecule has 0 aromatic carbocycles. The summed E-state index contributed by atoms with van der Waals surface area (Å²) in [5, 5.41) is 0. The summed E-state index contributed by atoms with van der Waals surface area (Å²) < 4.78 is 25.3. The monoisotopic (exact) mass is 637 g/mol. The highest BCUT2D eigenvalue weighted by molar-refractivity contribution is 5.69. The van der Waals surface area contributed by atoms with Crippen molar-refractivity contribution in [1.29, 1.82) is 0 Å². The zero-order valence-electron chi connectivity index (χ0n) is 30.9. The number of carbonyl (C=O) groups is 2. The highest BCUT2D eigenvalue weighted by Crippen LogP contribution is 2.60. The van der Waals surface area contributed by atoms with Crippen LogP contribution in [0.4, 0.5) is 0 Å². The minimum absolute atomic E-state index is 0.0292. The van der Waals surface area contributed by atoms with Crippen molar-refractivity contribution in [2.24, 2.45) is 22.2 Å². The van der Waals surface area contributed by atoms with Gasteiger partial charge in [-0.3, -0.25) is 9.59 Å². The molecule has 45 heavy (non-hydrogen) atoms. The first kappa shape index (κ1) is 40.0. The molecule has 0 amide bonds. The van der Waals surface area contributed by atoms with E-state index in [4.69, 9.17) is 18.9 Å². The van der Waals surface area contributed by atoms with E-state index in [0.29, 0.717) is 32.7 Å². The first-order valence-electron chi connectivity index (χ1n) is 19.1. The minimum atomic E-state index is -0.747. The molecule has 1 saturated heterocycles. The smallest absolute Gasteiger partial charge is 0.305 e. The average Bonchev–Trinajstić information content (AvgIpc) is 3.04. The molecule has 2 fully saturated rings. The number of rotatable bonds is 22. The average molecular weight is 637 g/mol. The number of hydrogen-bond acceptors (Lipinski definition) is 6. The molecule has 0 aromatic rings. The molecule has 6 nitrogen and oxygen atoms in total. The Kier molecular flexibility index (Phi) is 17.5. The van der Waals surface area contributed by atoms with Crippen LogP contribution in [0.1, 0.15) is 184 Å². The maximum Gasteiger partial charge on any atom is 0.305 e. The van der Waals surface area contributed by atoms with E-state index in [-0.39, 0.29) is 40.2 Å². The zero-order chi connectivity index (χ0) is 33.4. The van der Waals surface area contributed by atoms with E-state index in [2.05, 4.69) is 48.5 Å². The summed E-state index contributed by atoms with van der Waals surface area (Å²) in [5.41, 5.74) is -0.900. The fraction of sp³-hybridized carbons (Fsp3) is 0.949. The summed E-state index contributed by atoms with van der Waals surface area (Å²) in [7, 11) is 0. The fourth-order valence-corrected chi connectivity index (χ4v) is 7.90. The van der Waals surface area contributed by atoms with Crippen molar-refractivity contribution in [3.8, 4) is 0 Å². The van der Waals surface area contributed by atoms with E-state index >= 15 is 0 Å². The van der Waals surface area contributed by atoms with Gasteiger partial charge in [0.05, 0.1) is 18.6 Å². The minimum Gasteiger partial charge on any atom is -0.465 e. The van der Waals surface area contributed by atoms with Gasteiger partial charge in [-0.25, -0.2) is 0 Å². The first-order chi connectivity index (χ1) is 21.5. The molecule has 264 valence electrons. The van der Waals surface area contributed by atoms with Gasteiger partial charge < -0.3 is 18.9 Å². The van der Waals surface area contributed by atoms with E-state index < -0.39 is 5.79 Å². The molecule has 0 N–H and O–H groups in total. The van der Waals surface area contributed by atoms with Crippen LogP contribution in [0.3, 0.4) is 0 Å². The SMILES string of the molecule is CCCCCCCCCCCCCCCCCC(=O)OCC1(CC)COC2(CC(C)(CC)C(OC(C)=O)C(C)(CC)C2C)OC1. The Morgan fingerprint density at radius 3 is 1.62 bits per heavy atom. The molecule has 2 rings (SSSR count). The third-order valence-corrected chi connectivity index (χ3v) is 11.9. The van der Waals surface area contributed by atoms with Gasteiger partial charge in [0.15, 0.2) is 5.79 Å². The summed E-state index contributed by atoms with van der Waals surface area (Å²) in [5.74, 6) is -1.06. The third-order valence-electron chi connectivity index (χ3n) is 11.9. The molecular formula is C39H72O6. The van der Waals surface area contributed by atoms with Crippen molar-refractivity contribution in [3.63, 3.8) is 0 Å². The van der Waals surface area contributed by atoms with Gasteiger partial charge in [-0.2, -0.15) is 0 Å². The lowest BCUT2D eigenvalue weighted by Gasteiger charge is -2.62. The quantitative estimate of drug-likeness (QED) is 0.0870. The van der Waals surface area contributed by atoms with Crippen molar-refractivity contribution in [2.75, 3.05) is 19.8 Å². The maximum atomic E-state index is 12.7. The van der Waals surface area contributed by atoms with Crippen LogP contribution in [-0.2, 0) is 28.5 Å². The molecule has 2 aliphatic rings. The summed E-state index contributed by atoms with van der Waals surface area (Å²) in [6.07, 6.45) is 23.2. The van der Waals surface area contributed by atoms with Gasteiger partial charge in [-0.15, -0.1) is 0 Å². The first-order valence-corrected chi connectivity index (χ1v) is 19.1. The summed E-state index contributed by atoms with van der Waals surface area (Å²) in [6.45, 7) is 18.2. The van der Waals surface area contributed by atoms with Gasteiger partial charge in [-0.1, -0.05) is 138 Å². The lowest BCUT2D eigenvalue weighted by molar-refractivity contribution is -0.379. The van der Waals surface area contributed by atoms with Crippen molar-refractivity contribution in [1.82, 2.24) is 0 Å². The van der Waals surface area contributed by atoms with Crippen LogP contribution in [0.5, 0.6) is 0 Å². The van der Waals surface area contributed by atoms with Crippen molar-refractivity contribution in [2.45, 2.75) is 196 Å². The normalized spacial score (nSPS) is 31.6. The Bertz CT molecular complexity index is 848. The molecule has 1 saturated carbocycles. The predicted molar refractivity (Wildman–Crippen MR) is 184 cm³/mol. The van der Waals surface area contributed by atoms with Gasteiger partial charge in [0, 0.05) is 36.5 Å². The predicted octanol–water partition coefficient (Wildman–Crippen LogP) is 10.7. The number of hydrogen-bond donors (Lipinski definition) is 0. The molecule has 0 radical (unpaired) electrons. The largest absolute Gasteiger partial charge is 0.465 e. The number of carbonyl (C=O) groups excluding carboxylic acids is 2. The highest BCUT2D eigenvalue weighted by atomic mass is 16.7. The molecule has 1 heterocycles. The number of esters is 2. The van der Waals surface area contributed by atoms with Gasteiger partial charge in [0.2, 0.25) is 0 Å². The second-order valence-electron chi connectivity index (χ2n) is 15.4. The molecule has 1 aliphatic carbocycles. The Hall–Kier alpha value is -1.14. The number of unbranched alkanes of at least 4 members (excludes halogenated alkanes) is 14. The Balaban J connectivity index is 1.70. The van der Waals surface area contributed by atoms with Crippen molar-refractivity contribution >= 4 is 11.9 Å². The lowest BCUT2D eigenvalue weighted by atomic mass is 9.52. The van der Waals surface area contributed by atoms with Crippen LogP contribution >= 0.6 is 0 Å². The second-order valence-corrected chi connectivity index (χ2v) is 15.4. The van der Waals surface area contributed by atoms with E-state index in [9.17, 15) is 9.59 Å². The van der Waals surface area contributed by atoms with E-state index in [1.165, 1.54) is 90.4 Å². The third kappa shape index (κ3) is 11.5. The van der Waals surface area contributed by atoms with Gasteiger partial charge in [0.25, 0.3) is 0 Å². The van der Waals surface area contributed by atoms with Gasteiger partial charge in [0.1, 0.15) is 12.7 Å². The van der Waals surface area contributed by atoms with Crippen molar-refractivity contribution in [3.05, 3.63) is 0 Å². The van der Waals surface area contributed by atoms with E-state index in [0.717, 1.165) is 32.1 Å². The topological polar surface area (TPSA) is 71.1 Å². The van der Waals surface area contributed by atoms with Crippen LogP contribution in [-0.4, -0.2) is 43.7 Å². The maximum absolute atomic E-state index is 12.7. The van der Waals surface area contributed by atoms with Crippen LogP contribution in [0.15, 0.2) is 0 Å². The molecule has 1 spiro atoms. The summed E-state index contributed by atoms with van der Waals surface area (Å²) in [4.78, 5) is 24.8. The number of ether oxygens (including phenoxy) is 4. The van der Waals surface area contributed by atoms with Crippen LogP contribution < -0.4 is 0 Å². The zero-order valence-corrected chi connectivity index (χ0v) is 30.9. The van der Waals surface area contributed by atoms with Crippen LogP contribution in [0.25, 0.3) is 0 Å². The highest BCUT2D eigenvalue weighted by Gasteiger charge is 2.65.